The fourth-order valence-corrected chi connectivity index (χ4v) is 2.26. The van der Waals surface area contributed by atoms with E-state index in [0.29, 0.717) is 19.4 Å². The second-order valence-electron chi connectivity index (χ2n) is 6.45. The number of aliphatic carboxylic acids is 1. The minimum Gasteiger partial charge on any atom is -0.480 e. The first kappa shape index (κ1) is 27.2. The fourth-order valence-electron chi connectivity index (χ4n) is 2.26. The predicted molar refractivity (Wildman–Crippen MR) is 102 cm³/mol. The molecule has 0 aromatic carbocycles. The van der Waals surface area contributed by atoms with Gasteiger partial charge in [0.2, 0.25) is 23.6 Å². The summed E-state index contributed by atoms with van der Waals surface area (Å²) in [6, 6.07) is -5.66. The Hall–Kier alpha value is -2.81. The van der Waals surface area contributed by atoms with Crippen molar-refractivity contribution in [3.63, 3.8) is 0 Å². The molecule has 14 heteroatoms. The third kappa shape index (κ3) is 10.1. The van der Waals surface area contributed by atoms with Crippen molar-refractivity contribution in [2.24, 2.45) is 17.2 Å². The summed E-state index contributed by atoms with van der Waals surface area (Å²) in [4.78, 5) is 59.1. The van der Waals surface area contributed by atoms with E-state index in [0.717, 1.165) is 0 Å². The topological polar surface area (TPSA) is 260 Å². The number of hydrogen-bond acceptors (Lipinski definition) is 9. The summed E-state index contributed by atoms with van der Waals surface area (Å²) < 4.78 is 0. The summed E-state index contributed by atoms with van der Waals surface area (Å²) in [6.07, 6.45) is 0.365. The minimum absolute atomic E-state index is 0.0694. The van der Waals surface area contributed by atoms with Crippen molar-refractivity contribution in [2.75, 3.05) is 19.8 Å². The molecular formula is C16H30N6O8. The third-order valence-corrected chi connectivity index (χ3v) is 3.95. The molecule has 0 rings (SSSR count). The van der Waals surface area contributed by atoms with Crippen LogP contribution in [-0.4, -0.2) is 88.8 Å². The molecule has 4 amide bonds. The van der Waals surface area contributed by atoms with Crippen LogP contribution in [0.3, 0.4) is 0 Å². The number of carboxylic acid groups (broad SMARTS) is 1. The largest absolute Gasteiger partial charge is 0.480 e. The molecule has 0 aliphatic rings. The summed E-state index contributed by atoms with van der Waals surface area (Å²) in [5.41, 5.74) is 15.8. The lowest BCUT2D eigenvalue weighted by Crippen LogP contribution is -2.58. The Kier molecular flexibility index (Phi) is 12.9. The quantitative estimate of drug-likeness (QED) is 0.111. The summed E-state index contributed by atoms with van der Waals surface area (Å²) >= 11 is 0. The van der Waals surface area contributed by atoms with E-state index in [4.69, 9.17) is 32.5 Å². The summed E-state index contributed by atoms with van der Waals surface area (Å²) in [5, 5.41) is 33.5. The third-order valence-electron chi connectivity index (χ3n) is 3.95. The molecule has 0 heterocycles. The zero-order chi connectivity index (χ0) is 23.3. The Balaban J connectivity index is 5.38. The van der Waals surface area contributed by atoms with Crippen LogP contribution in [0, 0.1) is 0 Å². The van der Waals surface area contributed by atoms with Crippen LogP contribution in [0.1, 0.15) is 25.7 Å². The van der Waals surface area contributed by atoms with Crippen LogP contribution in [0.2, 0.25) is 0 Å². The van der Waals surface area contributed by atoms with Gasteiger partial charge in [0.25, 0.3) is 0 Å². The number of carboxylic acids is 1. The number of nitrogens with one attached hydrogen (secondary N) is 3. The molecule has 30 heavy (non-hydrogen) atoms. The Bertz CT molecular complexity index is 617. The van der Waals surface area contributed by atoms with Gasteiger partial charge in [0, 0.05) is 0 Å². The van der Waals surface area contributed by atoms with E-state index in [2.05, 4.69) is 16.0 Å². The predicted octanol–water partition coefficient (Wildman–Crippen LogP) is -5.16. The van der Waals surface area contributed by atoms with E-state index < -0.39 is 73.4 Å². The number of carbonyl (C=O) groups excluding carboxylic acids is 4. The molecule has 0 saturated heterocycles. The van der Waals surface area contributed by atoms with Gasteiger partial charge in [-0.05, 0) is 25.8 Å². The second-order valence-corrected chi connectivity index (χ2v) is 6.45. The molecule has 0 bridgehead atoms. The highest BCUT2D eigenvalue weighted by atomic mass is 16.4. The summed E-state index contributed by atoms with van der Waals surface area (Å²) in [5.74, 6) is -5.17. The van der Waals surface area contributed by atoms with Gasteiger partial charge < -0.3 is 48.5 Å². The monoisotopic (exact) mass is 434 g/mol. The van der Waals surface area contributed by atoms with E-state index in [9.17, 15) is 24.0 Å². The lowest BCUT2D eigenvalue weighted by atomic mass is 10.1. The molecule has 0 aromatic rings. The summed E-state index contributed by atoms with van der Waals surface area (Å²) in [7, 11) is 0. The van der Waals surface area contributed by atoms with Crippen LogP contribution in [0.4, 0.5) is 0 Å². The van der Waals surface area contributed by atoms with Gasteiger partial charge in [-0.2, -0.15) is 0 Å². The second kappa shape index (κ2) is 14.2. The number of rotatable bonds is 15. The van der Waals surface area contributed by atoms with E-state index in [1.165, 1.54) is 0 Å². The van der Waals surface area contributed by atoms with E-state index in [1.54, 1.807) is 0 Å². The molecular weight excluding hydrogens is 404 g/mol. The number of carbonyl (C=O) groups is 5. The van der Waals surface area contributed by atoms with Crippen molar-refractivity contribution in [3.8, 4) is 0 Å². The molecule has 0 fully saturated rings. The van der Waals surface area contributed by atoms with Crippen molar-refractivity contribution >= 4 is 29.6 Å². The molecule has 0 spiro atoms. The Morgan fingerprint density at radius 1 is 0.800 bits per heavy atom. The fraction of sp³-hybridized carbons (Fsp3) is 0.688. The van der Waals surface area contributed by atoms with Crippen molar-refractivity contribution in [1.29, 1.82) is 0 Å². The lowest BCUT2D eigenvalue weighted by molar-refractivity contribution is -0.143. The average Bonchev–Trinajstić information content (AvgIpc) is 2.69. The highest BCUT2D eigenvalue weighted by molar-refractivity contribution is 5.96. The molecule has 0 radical (unpaired) electrons. The van der Waals surface area contributed by atoms with Crippen LogP contribution >= 0.6 is 0 Å². The maximum atomic E-state index is 12.6. The number of amides is 4. The Labute approximate surface area is 172 Å². The number of primary amides is 1. The van der Waals surface area contributed by atoms with Gasteiger partial charge in [-0.3, -0.25) is 19.2 Å². The summed E-state index contributed by atoms with van der Waals surface area (Å²) in [6.45, 7) is -1.27. The van der Waals surface area contributed by atoms with E-state index in [-0.39, 0.29) is 6.42 Å². The number of aliphatic hydroxyl groups is 2. The SMILES string of the molecule is NCCCCC(NC(=O)C(CC(N)=O)NC(=O)C(N)CO)C(=O)NC(CO)C(=O)O. The normalized spacial score (nSPS) is 14.7. The number of hydrogen-bond donors (Lipinski definition) is 9. The Morgan fingerprint density at radius 3 is 1.80 bits per heavy atom. The van der Waals surface area contributed by atoms with Gasteiger partial charge in [0.1, 0.15) is 24.2 Å². The van der Waals surface area contributed by atoms with Gasteiger partial charge in [-0.1, -0.05) is 0 Å². The molecule has 0 saturated carbocycles. The average molecular weight is 434 g/mol. The van der Waals surface area contributed by atoms with Crippen molar-refractivity contribution in [3.05, 3.63) is 0 Å². The highest BCUT2D eigenvalue weighted by Crippen LogP contribution is 2.04. The maximum absolute atomic E-state index is 12.6. The zero-order valence-corrected chi connectivity index (χ0v) is 16.4. The van der Waals surface area contributed by atoms with Gasteiger partial charge >= 0.3 is 5.97 Å². The van der Waals surface area contributed by atoms with Crippen LogP contribution < -0.4 is 33.2 Å². The van der Waals surface area contributed by atoms with Crippen LogP contribution in [-0.2, 0) is 24.0 Å². The molecule has 12 N–H and O–H groups in total. The highest BCUT2D eigenvalue weighted by Gasteiger charge is 2.30. The van der Waals surface area contributed by atoms with E-state index >= 15 is 0 Å². The number of nitrogens with two attached hydrogens (primary N) is 3. The molecule has 0 aromatic heterocycles. The van der Waals surface area contributed by atoms with Gasteiger partial charge in [0.15, 0.2) is 0 Å². The van der Waals surface area contributed by atoms with Crippen molar-refractivity contribution in [2.45, 2.75) is 49.9 Å². The van der Waals surface area contributed by atoms with Gasteiger partial charge in [-0.25, -0.2) is 4.79 Å². The first-order chi connectivity index (χ1) is 14.1. The van der Waals surface area contributed by atoms with Crippen LogP contribution in [0.15, 0.2) is 0 Å². The molecule has 172 valence electrons. The standard InChI is InChI=1S/C16H30N6O8/c17-4-2-1-3-9(14(27)22-11(7-24)16(29)30)20-15(28)10(5-12(19)25)21-13(26)8(18)6-23/h8-11,23-24H,1-7,17-18H2,(H2,19,25)(H,20,28)(H,21,26)(H,22,27)(H,29,30). The van der Waals surface area contributed by atoms with Crippen molar-refractivity contribution < 1.29 is 39.3 Å². The minimum atomic E-state index is -1.59. The van der Waals surface area contributed by atoms with Crippen molar-refractivity contribution in [1.82, 2.24) is 16.0 Å². The van der Waals surface area contributed by atoms with Gasteiger partial charge in [0.05, 0.1) is 19.6 Å². The number of aliphatic hydroxyl groups excluding tert-OH is 2. The molecule has 0 aliphatic heterocycles. The van der Waals surface area contributed by atoms with E-state index in [1.807, 2.05) is 0 Å². The van der Waals surface area contributed by atoms with Crippen LogP contribution in [0.5, 0.6) is 0 Å². The smallest absolute Gasteiger partial charge is 0.328 e. The molecule has 0 aliphatic carbocycles. The van der Waals surface area contributed by atoms with Gasteiger partial charge in [-0.15, -0.1) is 0 Å². The first-order valence-corrected chi connectivity index (χ1v) is 9.16. The molecule has 4 unspecified atom stereocenters. The zero-order valence-electron chi connectivity index (χ0n) is 16.4. The number of unbranched alkanes of at least 4 members (excludes halogenated alkanes) is 1. The molecule has 4 atom stereocenters. The van der Waals surface area contributed by atoms with Crippen LogP contribution in [0.25, 0.3) is 0 Å². The first-order valence-electron chi connectivity index (χ1n) is 9.16. The maximum Gasteiger partial charge on any atom is 0.328 e. The Morgan fingerprint density at radius 2 is 1.33 bits per heavy atom. The molecule has 14 nitrogen and oxygen atoms in total. The lowest BCUT2D eigenvalue weighted by Gasteiger charge is -2.24.